The summed E-state index contributed by atoms with van der Waals surface area (Å²) >= 11 is 5.42. The maximum Gasteiger partial charge on any atom is 0.235 e. The molecule has 1 fully saturated rings. The summed E-state index contributed by atoms with van der Waals surface area (Å²) in [6, 6.07) is 0.298. The zero-order valence-corrected chi connectivity index (χ0v) is 8.94. The van der Waals surface area contributed by atoms with Gasteiger partial charge < -0.3 is 5.32 Å². The Balaban J connectivity index is 2.28. The average Bonchev–Trinajstić information content (AvgIpc) is 2.19. The number of hydrogen-bond donors (Lipinski definition) is 1. The number of halogens is 1. The van der Waals surface area contributed by atoms with Crippen LogP contribution in [0.3, 0.4) is 0 Å². The van der Waals surface area contributed by atoms with Gasteiger partial charge in [0.15, 0.2) is 0 Å². The van der Waals surface area contributed by atoms with Crippen LogP contribution in [0, 0.1) is 5.92 Å². The number of carbonyl (C=O) groups excluding carboxylic acids is 1. The van der Waals surface area contributed by atoms with E-state index in [2.05, 4.69) is 12.2 Å². The molecule has 0 heterocycles. The van der Waals surface area contributed by atoms with Gasteiger partial charge in [-0.1, -0.05) is 19.3 Å². The van der Waals surface area contributed by atoms with E-state index in [-0.39, 0.29) is 11.8 Å². The molecule has 1 saturated carbocycles. The molecular weight excluding hydrogens is 186 g/mol. The number of carbonyl (C=O) groups is 1. The van der Waals surface area contributed by atoms with Crippen LogP contribution >= 0.6 is 11.6 Å². The normalized spacial score (nSPS) is 21.1. The van der Waals surface area contributed by atoms with Crippen LogP contribution < -0.4 is 5.32 Å². The molecule has 0 radical (unpaired) electrons. The lowest BCUT2D eigenvalue weighted by Crippen LogP contribution is -2.39. The van der Waals surface area contributed by atoms with E-state index in [1.54, 1.807) is 0 Å². The molecule has 0 aliphatic heterocycles. The summed E-state index contributed by atoms with van der Waals surface area (Å²) in [5, 5.41) is 2.93. The van der Waals surface area contributed by atoms with Crippen LogP contribution in [0.15, 0.2) is 0 Å². The maximum absolute atomic E-state index is 11.0. The summed E-state index contributed by atoms with van der Waals surface area (Å²) in [7, 11) is 0. The summed E-state index contributed by atoms with van der Waals surface area (Å²) < 4.78 is 0. The third kappa shape index (κ3) is 3.55. The van der Waals surface area contributed by atoms with Crippen molar-refractivity contribution in [3.8, 4) is 0 Å². The highest BCUT2D eigenvalue weighted by atomic mass is 35.5. The molecule has 1 aliphatic rings. The molecule has 1 rings (SSSR count). The Morgan fingerprint density at radius 3 is 2.62 bits per heavy atom. The van der Waals surface area contributed by atoms with Crippen molar-refractivity contribution in [3.05, 3.63) is 0 Å². The minimum atomic E-state index is -0.0419. The van der Waals surface area contributed by atoms with Crippen molar-refractivity contribution in [1.29, 1.82) is 0 Å². The van der Waals surface area contributed by atoms with Gasteiger partial charge >= 0.3 is 0 Å². The minimum absolute atomic E-state index is 0.0419. The number of hydrogen-bond acceptors (Lipinski definition) is 1. The molecule has 76 valence electrons. The topological polar surface area (TPSA) is 29.1 Å². The van der Waals surface area contributed by atoms with Gasteiger partial charge in [-0.3, -0.25) is 4.79 Å². The molecule has 0 aromatic heterocycles. The van der Waals surface area contributed by atoms with Crippen molar-refractivity contribution in [1.82, 2.24) is 5.32 Å². The molecule has 13 heavy (non-hydrogen) atoms. The number of nitrogens with one attached hydrogen (secondary N) is 1. The molecule has 3 heteroatoms. The van der Waals surface area contributed by atoms with Gasteiger partial charge in [0.25, 0.3) is 0 Å². The van der Waals surface area contributed by atoms with Crippen molar-refractivity contribution >= 4 is 17.5 Å². The smallest absolute Gasteiger partial charge is 0.235 e. The number of amides is 1. The summed E-state index contributed by atoms with van der Waals surface area (Å²) in [6.07, 6.45) is 6.48. The lowest BCUT2D eigenvalue weighted by Gasteiger charge is -2.27. The highest BCUT2D eigenvalue weighted by Crippen LogP contribution is 2.26. The van der Waals surface area contributed by atoms with E-state index in [4.69, 9.17) is 11.6 Å². The van der Waals surface area contributed by atoms with Crippen LogP contribution in [0.5, 0.6) is 0 Å². The van der Waals surface area contributed by atoms with E-state index >= 15 is 0 Å². The quantitative estimate of drug-likeness (QED) is 0.701. The first-order valence-electron chi connectivity index (χ1n) is 5.09. The van der Waals surface area contributed by atoms with Crippen LogP contribution in [0.25, 0.3) is 0 Å². The predicted molar refractivity (Wildman–Crippen MR) is 54.9 cm³/mol. The molecule has 1 N–H and O–H groups in total. The predicted octanol–water partition coefficient (Wildman–Crippen LogP) is 2.31. The molecule has 1 amide bonds. The van der Waals surface area contributed by atoms with Gasteiger partial charge in [0.1, 0.15) is 5.88 Å². The fraction of sp³-hybridized carbons (Fsp3) is 0.900. The zero-order valence-electron chi connectivity index (χ0n) is 8.18. The maximum atomic E-state index is 11.0. The van der Waals surface area contributed by atoms with Crippen molar-refractivity contribution in [3.63, 3.8) is 0 Å². The second kappa shape index (κ2) is 5.48. The first kappa shape index (κ1) is 10.8. The second-order valence-electron chi connectivity index (χ2n) is 3.89. The molecule has 1 atom stereocenters. The molecule has 0 saturated heterocycles. The van der Waals surface area contributed by atoms with Gasteiger partial charge in [0.05, 0.1) is 0 Å². The van der Waals surface area contributed by atoms with Crippen molar-refractivity contribution in [2.75, 3.05) is 5.88 Å². The third-order valence-electron chi connectivity index (χ3n) is 2.87. The monoisotopic (exact) mass is 203 g/mol. The molecule has 2 nitrogen and oxygen atoms in total. The average molecular weight is 204 g/mol. The molecule has 0 bridgehead atoms. The van der Waals surface area contributed by atoms with Gasteiger partial charge in [-0.2, -0.15) is 0 Å². The van der Waals surface area contributed by atoms with Crippen LogP contribution in [0.1, 0.15) is 39.0 Å². The van der Waals surface area contributed by atoms with Crippen LogP contribution in [-0.2, 0) is 4.79 Å². The molecule has 0 spiro atoms. The van der Waals surface area contributed by atoms with Gasteiger partial charge in [-0.15, -0.1) is 11.6 Å². The molecule has 0 aromatic rings. The molecular formula is C10H18ClNO. The van der Waals surface area contributed by atoms with E-state index < -0.39 is 0 Å². The Kier molecular flexibility index (Phi) is 4.57. The number of alkyl halides is 1. The zero-order chi connectivity index (χ0) is 9.68. The Hall–Kier alpha value is -0.240. The standard InChI is InChI=1S/C10H18ClNO/c1-8(12-10(13)7-11)9-5-3-2-4-6-9/h8-9H,2-7H2,1H3,(H,12,13)/t8-/m1/s1. The van der Waals surface area contributed by atoms with Gasteiger partial charge in [-0.05, 0) is 25.7 Å². The van der Waals surface area contributed by atoms with Crippen molar-refractivity contribution in [2.45, 2.75) is 45.1 Å². The number of rotatable bonds is 3. The first-order valence-corrected chi connectivity index (χ1v) is 5.63. The lowest BCUT2D eigenvalue weighted by atomic mass is 9.84. The third-order valence-corrected chi connectivity index (χ3v) is 3.11. The van der Waals surface area contributed by atoms with E-state index in [1.807, 2.05) is 0 Å². The summed E-state index contributed by atoms with van der Waals surface area (Å²) in [5.41, 5.74) is 0. The SMILES string of the molecule is C[C@@H](NC(=O)CCl)C1CCCCC1. The Bertz CT molecular complexity index is 166. The fourth-order valence-electron chi connectivity index (χ4n) is 2.04. The van der Waals surface area contributed by atoms with Crippen LogP contribution in [0.4, 0.5) is 0 Å². The van der Waals surface area contributed by atoms with Gasteiger partial charge in [0.2, 0.25) is 5.91 Å². The van der Waals surface area contributed by atoms with Gasteiger partial charge in [0, 0.05) is 6.04 Å². The van der Waals surface area contributed by atoms with E-state index in [0.29, 0.717) is 12.0 Å². The Morgan fingerprint density at radius 2 is 2.08 bits per heavy atom. The first-order chi connectivity index (χ1) is 6.24. The Labute approximate surface area is 85.0 Å². The van der Waals surface area contributed by atoms with Crippen LogP contribution in [0.2, 0.25) is 0 Å². The van der Waals surface area contributed by atoms with Gasteiger partial charge in [-0.25, -0.2) is 0 Å². The molecule has 1 aliphatic carbocycles. The summed E-state index contributed by atoms with van der Waals surface area (Å²) in [5.74, 6) is 0.706. The highest BCUT2D eigenvalue weighted by Gasteiger charge is 2.20. The van der Waals surface area contributed by atoms with Crippen molar-refractivity contribution in [2.24, 2.45) is 5.92 Å². The van der Waals surface area contributed by atoms with Crippen LogP contribution in [-0.4, -0.2) is 17.8 Å². The van der Waals surface area contributed by atoms with Crippen molar-refractivity contribution < 1.29 is 4.79 Å². The van der Waals surface area contributed by atoms with E-state index in [0.717, 1.165) is 0 Å². The van der Waals surface area contributed by atoms with E-state index in [9.17, 15) is 4.79 Å². The lowest BCUT2D eigenvalue weighted by molar-refractivity contribution is -0.119. The van der Waals surface area contributed by atoms with E-state index in [1.165, 1.54) is 32.1 Å². The fourth-order valence-corrected chi connectivity index (χ4v) is 2.12. The Morgan fingerprint density at radius 1 is 1.46 bits per heavy atom. The highest BCUT2D eigenvalue weighted by molar-refractivity contribution is 6.27. The molecule has 0 aromatic carbocycles. The minimum Gasteiger partial charge on any atom is -0.352 e. The summed E-state index contributed by atoms with van der Waals surface area (Å²) in [6.45, 7) is 2.08. The molecule has 0 unspecified atom stereocenters. The summed E-state index contributed by atoms with van der Waals surface area (Å²) in [4.78, 5) is 11.0. The largest absolute Gasteiger partial charge is 0.352 e. The second-order valence-corrected chi connectivity index (χ2v) is 4.16.